The Balaban J connectivity index is 1.65. The van der Waals surface area contributed by atoms with Crippen molar-refractivity contribution in [2.75, 3.05) is 25.0 Å². The van der Waals surface area contributed by atoms with Crippen molar-refractivity contribution in [3.05, 3.63) is 46.3 Å². The van der Waals surface area contributed by atoms with Crippen LogP contribution in [0.25, 0.3) is 10.9 Å². The number of aromatic nitrogens is 1. The number of fused-ring (bicyclic) bond motifs is 2. The van der Waals surface area contributed by atoms with Crippen molar-refractivity contribution < 1.29 is 27.8 Å². The first kappa shape index (κ1) is 20.9. The Kier molecular flexibility index (Phi) is 4.92. The topological polar surface area (TPSA) is 83.8 Å². The predicted octanol–water partition coefficient (Wildman–Crippen LogP) is 3.22. The number of carboxylic acid groups (broad SMARTS) is 1. The molecule has 1 aromatic carbocycles. The minimum atomic E-state index is -1.75. The normalized spacial score (nSPS) is 28.8. The molecule has 5 rings (SSSR count). The average molecular weight is 449 g/mol. The van der Waals surface area contributed by atoms with Crippen molar-refractivity contribution in [3.8, 4) is 5.75 Å². The van der Waals surface area contributed by atoms with Crippen molar-refractivity contribution in [1.82, 2.24) is 9.88 Å². The number of pyridine rings is 1. The monoisotopic (exact) mass is 449 g/mol. The third-order valence-corrected chi connectivity index (χ3v) is 6.78. The van der Waals surface area contributed by atoms with Crippen LogP contribution in [0.3, 0.4) is 0 Å². The highest BCUT2D eigenvalue weighted by Crippen LogP contribution is 2.44. The molecule has 32 heavy (non-hydrogen) atoms. The lowest BCUT2D eigenvalue weighted by molar-refractivity contribution is 0.143. The maximum absolute atomic E-state index is 15.8. The first-order valence-corrected chi connectivity index (χ1v) is 10.5. The lowest BCUT2D eigenvalue weighted by atomic mass is 9.83. The van der Waals surface area contributed by atoms with Crippen molar-refractivity contribution >= 4 is 22.7 Å². The zero-order valence-electron chi connectivity index (χ0n) is 17.2. The number of anilines is 1. The fraction of sp³-hybridized carbons (Fsp3) is 0.455. The lowest BCUT2D eigenvalue weighted by Crippen LogP contribution is -2.39. The highest BCUT2D eigenvalue weighted by Gasteiger charge is 2.42. The fourth-order valence-corrected chi connectivity index (χ4v) is 5.14. The number of ether oxygens (including phenoxy) is 1. The molecule has 0 spiro atoms. The molecule has 2 fully saturated rings. The van der Waals surface area contributed by atoms with Gasteiger partial charge in [0.05, 0.1) is 23.1 Å². The number of nitrogens with one attached hydrogen (secondary N) is 1. The Hall–Kier alpha value is -3.01. The quantitative estimate of drug-likeness (QED) is 0.551. The number of rotatable bonds is 4. The summed E-state index contributed by atoms with van der Waals surface area (Å²) in [6.07, 6.45) is 3.02. The van der Waals surface area contributed by atoms with Crippen LogP contribution in [0.1, 0.15) is 18.9 Å². The first-order valence-electron chi connectivity index (χ1n) is 10.5. The van der Waals surface area contributed by atoms with Gasteiger partial charge in [0.25, 0.3) is 0 Å². The molecule has 7 nitrogen and oxygen atoms in total. The number of hydrogen-bond donors (Lipinski definition) is 2. The molecule has 0 radical (unpaired) electrons. The summed E-state index contributed by atoms with van der Waals surface area (Å²) in [5.74, 6) is -2.21. The van der Waals surface area contributed by atoms with Gasteiger partial charge in [-0.15, -0.1) is 0 Å². The Labute approximate surface area is 181 Å². The molecule has 0 amide bonds. The largest absolute Gasteiger partial charge is 0.511 e. The third-order valence-electron chi connectivity index (χ3n) is 6.78. The van der Waals surface area contributed by atoms with Gasteiger partial charge in [-0.1, -0.05) is 12.2 Å². The summed E-state index contributed by atoms with van der Waals surface area (Å²) in [7, 11) is 1.86. The van der Waals surface area contributed by atoms with Gasteiger partial charge < -0.3 is 24.6 Å². The van der Waals surface area contributed by atoms with Gasteiger partial charge >= 0.3 is 6.16 Å². The smallest absolute Gasteiger partial charge is 0.449 e. The van der Waals surface area contributed by atoms with Gasteiger partial charge in [-0.25, -0.2) is 18.0 Å². The molecule has 3 aliphatic rings. The second kappa shape index (κ2) is 7.54. The summed E-state index contributed by atoms with van der Waals surface area (Å²) in [5, 5.41) is 11.8. The van der Waals surface area contributed by atoms with E-state index in [1.54, 1.807) is 4.90 Å². The maximum Gasteiger partial charge on any atom is 0.511 e. The van der Waals surface area contributed by atoms with Crippen molar-refractivity contribution in [3.63, 3.8) is 0 Å². The van der Waals surface area contributed by atoms with Crippen LogP contribution in [0.2, 0.25) is 0 Å². The van der Waals surface area contributed by atoms with E-state index >= 15 is 8.78 Å². The third kappa shape index (κ3) is 3.24. The summed E-state index contributed by atoms with van der Waals surface area (Å²) in [6, 6.07) is 0.304. The van der Waals surface area contributed by atoms with Gasteiger partial charge in [-0.3, -0.25) is 4.79 Å². The molecule has 0 bridgehead atoms. The molecule has 5 atom stereocenters. The molecule has 2 aliphatic carbocycles. The number of nitrogens with zero attached hydrogens (tertiary/aromatic N) is 2. The Morgan fingerprint density at radius 3 is 2.72 bits per heavy atom. The van der Waals surface area contributed by atoms with Crippen LogP contribution in [0.15, 0.2) is 29.2 Å². The van der Waals surface area contributed by atoms with Gasteiger partial charge in [-0.05, 0) is 25.5 Å². The van der Waals surface area contributed by atoms with E-state index in [2.05, 4.69) is 22.2 Å². The Morgan fingerprint density at radius 1 is 1.31 bits per heavy atom. The highest BCUT2D eigenvalue weighted by atomic mass is 19.1. The zero-order valence-corrected chi connectivity index (χ0v) is 17.2. The molecular formula is C22H22F3N3O4. The minimum absolute atomic E-state index is 0.0825. The maximum atomic E-state index is 15.8. The van der Waals surface area contributed by atoms with E-state index in [1.165, 1.54) is 0 Å². The molecule has 1 aromatic heterocycles. The van der Waals surface area contributed by atoms with Gasteiger partial charge in [-0.2, -0.15) is 0 Å². The molecule has 170 valence electrons. The molecule has 1 saturated carbocycles. The van der Waals surface area contributed by atoms with E-state index < -0.39 is 41.2 Å². The molecule has 1 aliphatic heterocycles. The van der Waals surface area contributed by atoms with Gasteiger partial charge in [0.15, 0.2) is 11.6 Å². The number of benzene rings is 1. The van der Waals surface area contributed by atoms with Crippen molar-refractivity contribution in [2.45, 2.75) is 31.1 Å². The Morgan fingerprint density at radius 2 is 2.06 bits per heavy atom. The number of hydrogen-bond acceptors (Lipinski definition) is 5. The number of halogens is 3. The van der Waals surface area contributed by atoms with E-state index in [0.717, 1.165) is 23.3 Å². The van der Waals surface area contributed by atoms with Gasteiger partial charge in [0.1, 0.15) is 17.7 Å². The van der Waals surface area contributed by atoms with Gasteiger partial charge in [0.2, 0.25) is 5.43 Å². The van der Waals surface area contributed by atoms with Crippen LogP contribution in [-0.4, -0.2) is 48.2 Å². The van der Waals surface area contributed by atoms with E-state index in [4.69, 9.17) is 5.11 Å². The summed E-state index contributed by atoms with van der Waals surface area (Å²) in [5.41, 5.74) is -1.47. The second-order valence-corrected chi connectivity index (χ2v) is 8.63. The van der Waals surface area contributed by atoms with E-state index in [-0.39, 0.29) is 40.9 Å². The summed E-state index contributed by atoms with van der Waals surface area (Å²) in [6.45, 7) is 0.845. The summed E-state index contributed by atoms with van der Waals surface area (Å²) >= 11 is 0. The van der Waals surface area contributed by atoms with Crippen LogP contribution in [-0.2, 0) is 0 Å². The van der Waals surface area contributed by atoms with Crippen LogP contribution in [0.5, 0.6) is 5.75 Å². The molecule has 5 unspecified atom stereocenters. The highest BCUT2D eigenvalue weighted by molar-refractivity contribution is 5.86. The number of carbonyl (C=O) groups is 1. The molecular weight excluding hydrogens is 427 g/mol. The van der Waals surface area contributed by atoms with Crippen LogP contribution in [0, 0.1) is 23.5 Å². The SMILES string of the molecule is CNC1CC=CC2CN(c3c(F)cc4c(=O)c(OC(=O)O)cn(C5CC5F)c4c3F)CC21. The van der Waals surface area contributed by atoms with E-state index in [0.29, 0.717) is 13.1 Å². The summed E-state index contributed by atoms with van der Waals surface area (Å²) < 4.78 is 50.6. The molecule has 2 heterocycles. The zero-order chi connectivity index (χ0) is 22.7. The van der Waals surface area contributed by atoms with Crippen LogP contribution >= 0.6 is 0 Å². The summed E-state index contributed by atoms with van der Waals surface area (Å²) in [4.78, 5) is 25.3. The predicted molar refractivity (Wildman–Crippen MR) is 111 cm³/mol. The van der Waals surface area contributed by atoms with Crippen LogP contribution in [0.4, 0.5) is 23.7 Å². The van der Waals surface area contributed by atoms with Gasteiger partial charge in [0, 0.05) is 31.5 Å². The molecule has 2 aromatic rings. The average Bonchev–Trinajstić information content (AvgIpc) is 3.31. The second-order valence-electron chi connectivity index (χ2n) is 8.63. The molecule has 10 heteroatoms. The van der Waals surface area contributed by atoms with E-state index in [9.17, 15) is 14.0 Å². The van der Waals surface area contributed by atoms with Crippen molar-refractivity contribution in [2.24, 2.45) is 11.8 Å². The Bertz CT molecular complexity index is 1200. The minimum Gasteiger partial charge on any atom is -0.449 e. The van der Waals surface area contributed by atoms with Crippen molar-refractivity contribution in [1.29, 1.82) is 0 Å². The molecule has 1 saturated heterocycles. The molecule has 2 N–H and O–H groups in total. The first-order chi connectivity index (χ1) is 15.3. The number of alkyl halides is 1. The fourth-order valence-electron chi connectivity index (χ4n) is 5.14. The standard InChI is InChI=1S/C22H22F3N3O4/c1-26-15-4-2-3-10-7-27(8-12(10)15)20-14(24)5-11-19(18(20)25)28(16-6-13(16)23)9-17(21(11)29)32-22(30)31/h2-3,5,9-10,12-13,15-16,26H,4,6-8H2,1H3,(H,30,31). The van der Waals surface area contributed by atoms with E-state index in [1.807, 2.05) is 7.05 Å². The van der Waals surface area contributed by atoms with Crippen LogP contribution < -0.4 is 20.4 Å². The lowest BCUT2D eigenvalue weighted by Gasteiger charge is -2.28.